The molecule has 2 aromatic heterocycles. The van der Waals surface area contributed by atoms with Crippen LogP contribution in [0.4, 0.5) is 17.5 Å². The highest BCUT2D eigenvalue weighted by Crippen LogP contribution is 2.32. The predicted octanol–water partition coefficient (Wildman–Crippen LogP) is 2.69. The number of pyridine rings is 1. The molecule has 0 amide bonds. The first kappa shape index (κ1) is 19.2. The number of nitrogens with two attached hydrogens (primary N) is 2. The molecule has 0 radical (unpaired) electrons. The number of hydrogen-bond acceptors (Lipinski definition) is 8. The second-order valence-corrected chi connectivity index (χ2v) is 7.13. The van der Waals surface area contributed by atoms with Gasteiger partial charge in [0.2, 0.25) is 11.8 Å². The maximum absolute atomic E-state index is 11.5. The molecular weight excluding hydrogens is 370 g/mol. The van der Waals surface area contributed by atoms with Crippen LogP contribution in [0.2, 0.25) is 5.15 Å². The van der Waals surface area contributed by atoms with Gasteiger partial charge in [-0.15, -0.1) is 0 Å². The Hall–Kier alpha value is -2.52. The van der Waals surface area contributed by atoms with Gasteiger partial charge in [-0.2, -0.15) is 4.98 Å². The van der Waals surface area contributed by atoms with Gasteiger partial charge in [0.1, 0.15) is 10.8 Å². The van der Waals surface area contributed by atoms with E-state index < -0.39 is 4.92 Å². The van der Waals surface area contributed by atoms with Crippen LogP contribution in [-0.2, 0) is 13.0 Å². The lowest BCUT2D eigenvalue weighted by molar-refractivity contribution is -0.385. The summed E-state index contributed by atoms with van der Waals surface area (Å²) in [5, 5.41) is 14.8. The summed E-state index contributed by atoms with van der Waals surface area (Å²) < 4.78 is 0. The number of nitrogens with zero attached hydrogens (tertiary/aromatic N) is 4. The molecule has 10 heteroatoms. The molecule has 2 aromatic rings. The summed E-state index contributed by atoms with van der Waals surface area (Å²) in [4.78, 5) is 23.4. The maximum Gasteiger partial charge on any atom is 0.332 e. The van der Waals surface area contributed by atoms with Gasteiger partial charge in [-0.05, 0) is 44.1 Å². The van der Waals surface area contributed by atoms with E-state index in [4.69, 9.17) is 23.1 Å². The number of hydrogen-bond donors (Lipinski definition) is 3. The second-order valence-electron chi connectivity index (χ2n) is 6.78. The minimum Gasteiger partial charge on any atom is -0.378 e. The summed E-state index contributed by atoms with van der Waals surface area (Å²) in [6, 6.07) is 3.81. The molecule has 0 unspecified atom stereocenters. The van der Waals surface area contributed by atoms with Crippen LogP contribution in [0.25, 0.3) is 0 Å². The van der Waals surface area contributed by atoms with Gasteiger partial charge >= 0.3 is 5.69 Å². The summed E-state index contributed by atoms with van der Waals surface area (Å²) in [6.07, 6.45) is 5.78. The summed E-state index contributed by atoms with van der Waals surface area (Å²) >= 11 is 6.04. The van der Waals surface area contributed by atoms with Crippen LogP contribution in [0.5, 0.6) is 0 Å². The Labute approximate surface area is 161 Å². The number of nitro groups is 1. The zero-order valence-corrected chi connectivity index (χ0v) is 15.5. The quantitative estimate of drug-likeness (QED) is 0.387. The zero-order valence-electron chi connectivity index (χ0n) is 14.8. The molecule has 3 rings (SSSR count). The highest BCUT2D eigenvalue weighted by molar-refractivity contribution is 6.30. The molecule has 0 aromatic carbocycles. The largest absolute Gasteiger partial charge is 0.378 e. The topological polar surface area (TPSA) is 146 Å². The molecular formula is C17H22ClN7O2. The molecule has 9 nitrogen and oxygen atoms in total. The number of nitrogens with one attached hydrogen (secondary N) is 1. The summed E-state index contributed by atoms with van der Waals surface area (Å²) in [5.74, 6) is 0.399. The average Bonchev–Trinajstić information content (AvgIpc) is 2.62. The molecule has 0 bridgehead atoms. The van der Waals surface area contributed by atoms with Gasteiger partial charge < -0.3 is 16.8 Å². The lowest BCUT2D eigenvalue weighted by Crippen LogP contribution is -2.27. The van der Waals surface area contributed by atoms with E-state index >= 15 is 0 Å². The van der Waals surface area contributed by atoms with Gasteiger partial charge in [0, 0.05) is 24.3 Å². The van der Waals surface area contributed by atoms with Gasteiger partial charge in [-0.25, -0.2) is 9.97 Å². The van der Waals surface area contributed by atoms with Gasteiger partial charge in [-0.1, -0.05) is 17.7 Å². The predicted molar refractivity (Wildman–Crippen MR) is 103 cm³/mol. The van der Waals surface area contributed by atoms with E-state index in [2.05, 4.69) is 20.3 Å². The van der Waals surface area contributed by atoms with E-state index in [1.165, 1.54) is 0 Å². The molecule has 5 N–H and O–H groups in total. The molecule has 144 valence electrons. The lowest BCUT2D eigenvalue weighted by Gasteiger charge is -2.25. The first-order chi connectivity index (χ1) is 12.9. The number of nitrogen functional groups attached to an aromatic ring is 1. The zero-order chi connectivity index (χ0) is 19.4. The Morgan fingerprint density at radius 2 is 2.04 bits per heavy atom. The fourth-order valence-corrected chi connectivity index (χ4v) is 3.52. The van der Waals surface area contributed by atoms with E-state index in [0.717, 1.165) is 31.2 Å². The van der Waals surface area contributed by atoms with Crippen molar-refractivity contribution in [2.24, 2.45) is 11.7 Å². The molecule has 1 saturated carbocycles. The monoisotopic (exact) mass is 391 g/mol. The molecule has 1 aliphatic carbocycles. The maximum atomic E-state index is 11.5. The van der Waals surface area contributed by atoms with Crippen molar-refractivity contribution in [3.63, 3.8) is 0 Å². The highest BCUT2D eigenvalue weighted by atomic mass is 35.5. The van der Waals surface area contributed by atoms with Crippen LogP contribution in [0.1, 0.15) is 36.9 Å². The molecule has 1 aliphatic rings. The van der Waals surface area contributed by atoms with Crippen molar-refractivity contribution < 1.29 is 4.92 Å². The highest BCUT2D eigenvalue weighted by Gasteiger charge is 2.27. The molecule has 27 heavy (non-hydrogen) atoms. The van der Waals surface area contributed by atoms with Crippen molar-refractivity contribution in [2.75, 3.05) is 11.1 Å². The number of anilines is 2. The smallest absolute Gasteiger partial charge is 0.332 e. The van der Waals surface area contributed by atoms with E-state index in [9.17, 15) is 10.1 Å². The third kappa shape index (κ3) is 4.81. The fraction of sp³-hybridized carbons (Fsp3) is 0.471. The molecule has 0 atom stereocenters. The van der Waals surface area contributed by atoms with E-state index in [0.29, 0.717) is 29.7 Å². The van der Waals surface area contributed by atoms with Crippen LogP contribution in [0.3, 0.4) is 0 Å². The van der Waals surface area contributed by atoms with E-state index in [-0.39, 0.29) is 23.5 Å². The van der Waals surface area contributed by atoms with Crippen molar-refractivity contribution in [3.05, 3.63) is 44.9 Å². The van der Waals surface area contributed by atoms with Gasteiger partial charge in [0.25, 0.3) is 0 Å². The van der Waals surface area contributed by atoms with Crippen LogP contribution in [0.15, 0.2) is 18.3 Å². The Morgan fingerprint density at radius 1 is 1.30 bits per heavy atom. The van der Waals surface area contributed by atoms with Crippen molar-refractivity contribution in [2.45, 2.75) is 44.7 Å². The molecule has 1 fully saturated rings. The summed E-state index contributed by atoms with van der Waals surface area (Å²) in [5.41, 5.74) is 12.7. The van der Waals surface area contributed by atoms with E-state index in [1.54, 1.807) is 12.3 Å². The van der Waals surface area contributed by atoms with Crippen molar-refractivity contribution in [1.82, 2.24) is 15.0 Å². The average molecular weight is 392 g/mol. The Morgan fingerprint density at radius 3 is 2.70 bits per heavy atom. The third-order valence-corrected chi connectivity index (χ3v) is 5.15. The number of aromatic nitrogens is 3. The summed E-state index contributed by atoms with van der Waals surface area (Å²) in [7, 11) is 0. The normalized spacial score (nSPS) is 19.6. The van der Waals surface area contributed by atoms with Crippen molar-refractivity contribution in [3.8, 4) is 0 Å². The third-order valence-electron chi connectivity index (χ3n) is 4.81. The van der Waals surface area contributed by atoms with Crippen LogP contribution < -0.4 is 16.8 Å². The Bertz CT molecular complexity index is 825. The molecule has 0 aliphatic heterocycles. The van der Waals surface area contributed by atoms with Crippen LogP contribution >= 0.6 is 11.6 Å². The number of rotatable bonds is 6. The number of halogens is 1. The minimum absolute atomic E-state index is 0.141. The molecule has 0 saturated heterocycles. The fourth-order valence-electron chi connectivity index (χ4n) is 3.33. The molecule has 2 heterocycles. The van der Waals surface area contributed by atoms with Crippen LogP contribution in [-0.4, -0.2) is 25.9 Å². The SMILES string of the molecule is Nc1nc(NCc2cccnc2Cl)nc(CC2CCC(N)CC2)c1[N+](=O)[O-]. The van der Waals surface area contributed by atoms with Gasteiger partial charge in [-0.3, -0.25) is 10.1 Å². The van der Waals surface area contributed by atoms with Gasteiger partial charge in [0.05, 0.1) is 4.92 Å². The Balaban J connectivity index is 1.80. The van der Waals surface area contributed by atoms with Gasteiger partial charge in [0.15, 0.2) is 0 Å². The Kier molecular flexibility index (Phi) is 6.02. The molecule has 0 spiro atoms. The summed E-state index contributed by atoms with van der Waals surface area (Å²) in [6.45, 7) is 0.335. The van der Waals surface area contributed by atoms with Crippen molar-refractivity contribution >= 4 is 29.1 Å². The minimum atomic E-state index is -0.513. The van der Waals surface area contributed by atoms with Crippen LogP contribution in [0, 0.1) is 16.0 Å². The lowest BCUT2D eigenvalue weighted by atomic mass is 9.83. The first-order valence-corrected chi connectivity index (χ1v) is 9.21. The second kappa shape index (κ2) is 8.45. The van der Waals surface area contributed by atoms with E-state index in [1.807, 2.05) is 6.07 Å². The van der Waals surface area contributed by atoms with Crippen molar-refractivity contribution in [1.29, 1.82) is 0 Å². The standard InChI is InChI=1S/C17H22ClN7O2/c18-15-11(2-1-7-21-15)9-22-17-23-13(14(25(26)27)16(20)24-17)8-10-3-5-12(19)6-4-10/h1-2,7,10,12H,3-6,8-9,19H2,(H3,20,22,23,24). The first-order valence-electron chi connectivity index (χ1n) is 8.83.